The zero-order valence-corrected chi connectivity index (χ0v) is 36.4. The monoisotopic (exact) mass is 901 g/mol. The first-order valence-corrected chi connectivity index (χ1v) is 21.5. The minimum absolute atomic E-state index is 0.000215. The average molecular weight is 902 g/mol. The molecule has 3 heterocycles. The third kappa shape index (κ3) is 13.3. The molecule has 0 aliphatic carbocycles. The smallest absolute Gasteiger partial charge is 0.337 e. The Kier molecular flexibility index (Phi) is 16.7. The Bertz CT molecular complexity index is 2550. The van der Waals surface area contributed by atoms with Crippen LogP contribution in [0, 0.1) is 0 Å². The number of H-pyrrole nitrogens is 2. The molecule has 346 valence electrons. The minimum atomic E-state index is -1.29. The fourth-order valence-corrected chi connectivity index (χ4v) is 7.08. The predicted molar refractivity (Wildman–Crippen MR) is 243 cm³/mol. The summed E-state index contributed by atoms with van der Waals surface area (Å²) in [5.41, 5.74) is 23.9. The molecule has 0 aliphatic heterocycles. The molecule has 0 saturated carbocycles. The van der Waals surface area contributed by atoms with Crippen molar-refractivity contribution in [2.75, 3.05) is 6.54 Å². The SMILES string of the molecule is C[C@H](NC(=O)[C@@H](Cc1c[nH]c2ccccc12)NC(=O)[C@@H](N)Cc1cnc[nH]1)C(=O)NN(Cc1cn(-c2ccccc2)nn1)C(=O)N[C@H](Cc1ccccc1)C(=O)N[C@@H](CCCCN)C(N)=O. The summed E-state index contributed by atoms with van der Waals surface area (Å²) in [6.45, 7) is 1.45. The number of nitrogens with one attached hydrogen (secondary N) is 7. The summed E-state index contributed by atoms with van der Waals surface area (Å²) in [5.74, 6) is -3.60. The van der Waals surface area contributed by atoms with E-state index in [0.717, 1.165) is 21.5 Å². The lowest BCUT2D eigenvalue weighted by Gasteiger charge is -2.28. The lowest BCUT2D eigenvalue weighted by atomic mass is 10.0. The van der Waals surface area contributed by atoms with Crippen molar-refractivity contribution in [2.24, 2.45) is 17.2 Å². The summed E-state index contributed by atoms with van der Waals surface area (Å²) < 4.78 is 1.49. The van der Waals surface area contributed by atoms with E-state index >= 15 is 0 Å². The molecule has 0 radical (unpaired) electrons. The van der Waals surface area contributed by atoms with E-state index in [9.17, 15) is 28.8 Å². The van der Waals surface area contributed by atoms with Crippen molar-refractivity contribution in [2.45, 2.75) is 82.2 Å². The second-order valence-corrected chi connectivity index (χ2v) is 15.7. The molecule has 6 rings (SSSR count). The Morgan fingerprint density at radius 3 is 2.15 bits per heavy atom. The molecule has 66 heavy (non-hydrogen) atoms. The van der Waals surface area contributed by atoms with E-state index in [1.54, 1.807) is 61.1 Å². The number of benzene rings is 3. The molecule has 0 spiro atoms. The quantitative estimate of drug-likeness (QED) is 0.0331. The Morgan fingerprint density at radius 1 is 0.758 bits per heavy atom. The molecule has 21 nitrogen and oxygen atoms in total. The highest BCUT2D eigenvalue weighted by Crippen LogP contribution is 2.20. The standard InChI is InChI=1S/C45H55N15O6/c1-28(52-43(64)39(21-30-23-50-36-17-9-8-16-34(30)36)54-42(63)35(47)22-31-24-49-27-51-31)41(62)57-60(26-32-25-59(58-56-32)33-14-6-3-7-15-33)45(66)55-38(20-29-12-4-2-5-13-29)44(65)53-37(40(48)61)18-10-11-19-46/h2-9,12-17,23-25,27-28,35,37-39,50H,10-11,18-22,26,46-47H2,1H3,(H2,48,61)(H,49,51)(H,52,64)(H,53,65)(H,54,63)(H,55,66)(H,57,62)/t28-,35-,37-,38+,39+/m0/s1. The first-order chi connectivity index (χ1) is 31.9. The summed E-state index contributed by atoms with van der Waals surface area (Å²) in [4.78, 5) is 92.2. The molecule has 3 aromatic carbocycles. The number of nitrogens with zero attached hydrogens (tertiary/aromatic N) is 5. The van der Waals surface area contributed by atoms with Gasteiger partial charge in [-0.05, 0) is 62.1 Å². The number of primary amides is 1. The maximum atomic E-state index is 14.3. The molecular weight excluding hydrogens is 847 g/mol. The van der Waals surface area contributed by atoms with Gasteiger partial charge >= 0.3 is 6.03 Å². The van der Waals surface area contributed by atoms with Crippen LogP contribution in [0.25, 0.3) is 16.6 Å². The Labute approximate surface area is 380 Å². The Morgan fingerprint density at radius 2 is 1.44 bits per heavy atom. The average Bonchev–Trinajstić information content (AvgIpc) is 4.11. The largest absolute Gasteiger partial charge is 0.368 e. The summed E-state index contributed by atoms with van der Waals surface area (Å²) >= 11 is 0. The lowest BCUT2D eigenvalue weighted by Crippen LogP contribution is -2.60. The van der Waals surface area contributed by atoms with E-state index < -0.39 is 65.8 Å². The van der Waals surface area contributed by atoms with Crippen LogP contribution in [0.4, 0.5) is 4.79 Å². The van der Waals surface area contributed by atoms with Gasteiger partial charge in [-0.25, -0.2) is 19.5 Å². The van der Waals surface area contributed by atoms with Gasteiger partial charge in [-0.2, -0.15) is 0 Å². The maximum absolute atomic E-state index is 14.3. The molecule has 0 bridgehead atoms. The predicted octanol–water partition coefficient (Wildman–Crippen LogP) is 0.527. The van der Waals surface area contributed by atoms with Gasteiger partial charge in [-0.1, -0.05) is 71.9 Å². The molecular formula is C45H55N15O6. The number of carbonyl (C=O) groups excluding carboxylic acids is 6. The molecule has 3 aromatic heterocycles. The third-order valence-corrected chi connectivity index (χ3v) is 10.7. The van der Waals surface area contributed by atoms with Crippen LogP contribution in [0.3, 0.4) is 0 Å². The molecule has 7 amide bonds. The number of unbranched alkanes of at least 4 members (excludes halogenated alkanes) is 1. The molecule has 5 atom stereocenters. The topological polar surface area (TPSA) is 319 Å². The summed E-state index contributed by atoms with van der Waals surface area (Å²) in [7, 11) is 0. The number of nitrogens with two attached hydrogens (primary N) is 3. The van der Waals surface area contributed by atoms with Crippen LogP contribution in [0.2, 0.25) is 0 Å². The van der Waals surface area contributed by atoms with Crippen LogP contribution in [0.15, 0.2) is 110 Å². The first kappa shape index (κ1) is 47.6. The number of amides is 7. The van der Waals surface area contributed by atoms with Crippen LogP contribution < -0.4 is 43.9 Å². The highest BCUT2D eigenvalue weighted by Gasteiger charge is 2.32. The van der Waals surface area contributed by atoms with Crippen molar-refractivity contribution in [3.8, 4) is 5.69 Å². The van der Waals surface area contributed by atoms with Crippen molar-refractivity contribution in [3.63, 3.8) is 0 Å². The van der Waals surface area contributed by atoms with Crippen molar-refractivity contribution in [3.05, 3.63) is 132 Å². The highest BCUT2D eigenvalue weighted by atomic mass is 16.2. The lowest BCUT2D eigenvalue weighted by molar-refractivity contribution is -0.133. The number of imidazole rings is 1. The first-order valence-electron chi connectivity index (χ1n) is 21.5. The van der Waals surface area contributed by atoms with Gasteiger partial charge in [0.15, 0.2) is 0 Å². The van der Waals surface area contributed by atoms with E-state index in [0.29, 0.717) is 36.3 Å². The summed E-state index contributed by atoms with van der Waals surface area (Å²) in [5, 5.41) is 20.9. The van der Waals surface area contributed by atoms with Gasteiger partial charge in [0.25, 0.3) is 5.91 Å². The van der Waals surface area contributed by atoms with Crippen molar-refractivity contribution in [1.82, 2.24) is 61.6 Å². The zero-order valence-electron chi connectivity index (χ0n) is 36.4. The number of rotatable bonds is 22. The Balaban J connectivity index is 1.22. The number of urea groups is 1. The van der Waals surface area contributed by atoms with Crippen LogP contribution in [0.1, 0.15) is 48.7 Å². The molecule has 0 fully saturated rings. The van der Waals surface area contributed by atoms with Gasteiger partial charge in [0, 0.05) is 48.3 Å². The second kappa shape index (κ2) is 23.1. The zero-order chi connectivity index (χ0) is 47.0. The highest BCUT2D eigenvalue weighted by molar-refractivity contribution is 5.95. The number of aromatic nitrogens is 6. The van der Waals surface area contributed by atoms with Crippen LogP contribution in [-0.4, -0.2) is 107 Å². The molecule has 21 heteroatoms. The van der Waals surface area contributed by atoms with E-state index in [4.69, 9.17) is 17.2 Å². The minimum Gasteiger partial charge on any atom is -0.368 e. The fourth-order valence-electron chi connectivity index (χ4n) is 7.08. The molecule has 0 unspecified atom stereocenters. The maximum Gasteiger partial charge on any atom is 0.337 e. The van der Waals surface area contributed by atoms with Gasteiger partial charge in [0.1, 0.15) is 29.9 Å². The van der Waals surface area contributed by atoms with Crippen LogP contribution in [-0.2, 0) is 49.8 Å². The van der Waals surface area contributed by atoms with E-state index in [2.05, 4.69) is 52.0 Å². The van der Waals surface area contributed by atoms with E-state index in [1.165, 1.54) is 17.9 Å². The number of aromatic amines is 2. The second-order valence-electron chi connectivity index (χ2n) is 15.7. The number of hydrogen-bond acceptors (Lipinski definition) is 11. The van der Waals surface area contributed by atoms with E-state index in [1.807, 2.05) is 42.5 Å². The van der Waals surface area contributed by atoms with Crippen LogP contribution in [0.5, 0.6) is 0 Å². The van der Waals surface area contributed by atoms with Gasteiger partial charge in [-0.15, -0.1) is 5.10 Å². The third-order valence-electron chi connectivity index (χ3n) is 10.7. The summed E-state index contributed by atoms with van der Waals surface area (Å²) in [6, 6.07) is 18.7. The number of fused-ring (bicyclic) bond motifs is 1. The van der Waals surface area contributed by atoms with Crippen molar-refractivity contribution < 1.29 is 28.8 Å². The van der Waals surface area contributed by atoms with Gasteiger partial charge in [0.2, 0.25) is 23.6 Å². The Hall–Kier alpha value is -7.91. The van der Waals surface area contributed by atoms with Crippen LogP contribution >= 0.6 is 0 Å². The molecule has 13 N–H and O–H groups in total. The van der Waals surface area contributed by atoms with Gasteiger partial charge in [0.05, 0.1) is 30.8 Å². The number of hydrogen-bond donors (Lipinski definition) is 10. The van der Waals surface area contributed by atoms with Crippen molar-refractivity contribution >= 4 is 46.5 Å². The number of hydrazine groups is 1. The van der Waals surface area contributed by atoms with E-state index in [-0.39, 0.29) is 37.9 Å². The molecule has 6 aromatic rings. The van der Waals surface area contributed by atoms with Gasteiger partial charge < -0.3 is 48.4 Å². The molecule has 0 saturated heterocycles. The summed E-state index contributed by atoms with van der Waals surface area (Å²) in [6.07, 6.45) is 7.83. The number of para-hydroxylation sites is 2. The van der Waals surface area contributed by atoms with Crippen molar-refractivity contribution in [1.29, 1.82) is 0 Å². The molecule has 0 aliphatic rings. The fraction of sp³-hybridized carbons (Fsp3) is 0.311. The normalized spacial score (nSPS) is 13.4. The van der Waals surface area contributed by atoms with Gasteiger partial charge in [-0.3, -0.25) is 29.4 Å². The number of carbonyl (C=O) groups is 6.